The molecule has 0 heterocycles. The first kappa shape index (κ1) is 13.4. The van der Waals surface area contributed by atoms with Gasteiger partial charge in [0.15, 0.2) is 0 Å². The van der Waals surface area contributed by atoms with Gasteiger partial charge in [-0.3, -0.25) is 0 Å². The van der Waals surface area contributed by atoms with E-state index in [0.29, 0.717) is 10.8 Å². The van der Waals surface area contributed by atoms with Crippen molar-refractivity contribution in [2.45, 2.75) is 78.7 Å². The Balaban J connectivity index is 1.80. The quantitative estimate of drug-likeness (QED) is 0.765. The standard InChI is InChI=1S/C16H31N/c1-5-16(8-6-9-16)12-17-14-7-10-15(3,4)11-13(14)2/h13-14,17H,5-12H2,1-4H3. The first-order chi connectivity index (χ1) is 7.96. The third-order valence-electron chi connectivity index (χ3n) is 5.60. The first-order valence-corrected chi connectivity index (χ1v) is 7.70. The predicted octanol–water partition coefficient (Wildman–Crippen LogP) is 4.37. The second-order valence-electron chi connectivity index (χ2n) is 7.58. The lowest BCUT2D eigenvalue weighted by atomic mass is 9.66. The van der Waals surface area contributed by atoms with Crippen LogP contribution in [0.15, 0.2) is 0 Å². The summed E-state index contributed by atoms with van der Waals surface area (Å²) >= 11 is 0. The molecular weight excluding hydrogens is 206 g/mol. The number of rotatable bonds is 4. The molecule has 100 valence electrons. The molecule has 0 aliphatic heterocycles. The van der Waals surface area contributed by atoms with Crippen LogP contribution in [0.5, 0.6) is 0 Å². The van der Waals surface area contributed by atoms with Gasteiger partial charge in [-0.05, 0) is 55.3 Å². The molecule has 2 unspecified atom stereocenters. The minimum atomic E-state index is 0.580. The molecule has 0 aromatic carbocycles. The topological polar surface area (TPSA) is 12.0 Å². The van der Waals surface area contributed by atoms with Crippen molar-refractivity contribution < 1.29 is 0 Å². The highest BCUT2D eigenvalue weighted by Crippen LogP contribution is 2.44. The Hall–Kier alpha value is -0.0400. The Morgan fingerprint density at radius 1 is 1.18 bits per heavy atom. The largest absolute Gasteiger partial charge is 0.313 e. The average molecular weight is 237 g/mol. The summed E-state index contributed by atoms with van der Waals surface area (Å²) < 4.78 is 0. The summed E-state index contributed by atoms with van der Waals surface area (Å²) in [5.41, 5.74) is 1.25. The van der Waals surface area contributed by atoms with Crippen LogP contribution in [0, 0.1) is 16.7 Å². The van der Waals surface area contributed by atoms with Crippen LogP contribution >= 0.6 is 0 Å². The summed E-state index contributed by atoms with van der Waals surface area (Å²) in [6.45, 7) is 10.9. The molecular formula is C16H31N. The summed E-state index contributed by atoms with van der Waals surface area (Å²) in [6, 6.07) is 0.784. The molecule has 0 aromatic rings. The Morgan fingerprint density at radius 2 is 1.88 bits per heavy atom. The van der Waals surface area contributed by atoms with E-state index in [-0.39, 0.29) is 0 Å². The highest BCUT2D eigenvalue weighted by atomic mass is 14.9. The second-order valence-corrected chi connectivity index (χ2v) is 7.58. The Kier molecular flexibility index (Phi) is 3.87. The monoisotopic (exact) mass is 237 g/mol. The molecule has 2 atom stereocenters. The van der Waals surface area contributed by atoms with Gasteiger partial charge in [0.05, 0.1) is 0 Å². The van der Waals surface area contributed by atoms with Crippen LogP contribution in [0.2, 0.25) is 0 Å². The summed E-state index contributed by atoms with van der Waals surface area (Å²) in [5, 5.41) is 3.90. The van der Waals surface area contributed by atoms with E-state index in [1.165, 1.54) is 51.5 Å². The van der Waals surface area contributed by atoms with Crippen LogP contribution in [0.25, 0.3) is 0 Å². The molecule has 2 aliphatic rings. The molecule has 1 heteroatoms. The van der Waals surface area contributed by atoms with Crippen molar-refractivity contribution in [2.75, 3.05) is 6.54 Å². The maximum absolute atomic E-state index is 3.90. The van der Waals surface area contributed by atoms with Gasteiger partial charge in [0, 0.05) is 12.6 Å². The highest BCUT2D eigenvalue weighted by molar-refractivity contribution is 4.92. The Labute approximate surface area is 108 Å². The zero-order valence-corrected chi connectivity index (χ0v) is 12.3. The van der Waals surface area contributed by atoms with Crippen molar-refractivity contribution >= 4 is 0 Å². The molecule has 1 N–H and O–H groups in total. The molecule has 17 heavy (non-hydrogen) atoms. The van der Waals surface area contributed by atoms with E-state index < -0.39 is 0 Å². The number of hydrogen-bond acceptors (Lipinski definition) is 1. The van der Waals surface area contributed by atoms with E-state index in [9.17, 15) is 0 Å². The van der Waals surface area contributed by atoms with Crippen molar-refractivity contribution in [1.82, 2.24) is 5.32 Å². The van der Waals surface area contributed by atoms with Gasteiger partial charge >= 0.3 is 0 Å². The highest BCUT2D eigenvalue weighted by Gasteiger charge is 2.37. The zero-order valence-electron chi connectivity index (χ0n) is 12.3. The van der Waals surface area contributed by atoms with Crippen molar-refractivity contribution in [3.63, 3.8) is 0 Å². The lowest BCUT2D eigenvalue weighted by Crippen LogP contribution is -2.48. The molecule has 0 spiro atoms. The minimum Gasteiger partial charge on any atom is -0.313 e. The van der Waals surface area contributed by atoms with Gasteiger partial charge in [0.2, 0.25) is 0 Å². The van der Waals surface area contributed by atoms with Crippen molar-refractivity contribution in [1.29, 1.82) is 0 Å². The van der Waals surface area contributed by atoms with E-state index in [1.807, 2.05) is 0 Å². The van der Waals surface area contributed by atoms with Crippen molar-refractivity contribution in [2.24, 2.45) is 16.7 Å². The van der Waals surface area contributed by atoms with Crippen LogP contribution in [-0.2, 0) is 0 Å². The summed E-state index contributed by atoms with van der Waals surface area (Å²) in [4.78, 5) is 0. The van der Waals surface area contributed by atoms with E-state index in [2.05, 4.69) is 33.0 Å². The molecule has 2 fully saturated rings. The molecule has 0 aromatic heterocycles. The van der Waals surface area contributed by atoms with Crippen molar-refractivity contribution in [3.8, 4) is 0 Å². The van der Waals surface area contributed by atoms with Gasteiger partial charge in [-0.2, -0.15) is 0 Å². The lowest BCUT2D eigenvalue weighted by molar-refractivity contribution is 0.0930. The zero-order chi connectivity index (χ0) is 12.5. The summed E-state index contributed by atoms with van der Waals surface area (Å²) in [6.07, 6.45) is 9.92. The molecule has 2 aliphatic carbocycles. The van der Waals surface area contributed by atoms with Crippen LogP contribution < -0.4 is 5.32 Å². The molecule has 2 saturated carbocycles. The lowest BCUT2D eigenvalue weighted by Gasteiger charge is -2.45. The molecule has 0 bridgehead atoms. The summed E-state index contributed by atoms with van der Waals surface area (Å²) in [7, 11) is 0. The smallest absolute Gasteiger partial charge is 0.00933 e. The van der Waals surface area contributed by atoms with Gasteiger partial charge in [-0.1, -0.05) is 34.1 Å². The van der Waals surface area contributed by atoms with E-state index in [4.69, 9.17) is 0 Å². The van der Waals surface area contributed by atoms with Crippen LogP contribution in [0.3, 0.4) is 0 Å². The predicted molar refractivity (Wildman–Crippen MR) is 75.2 cm³/mol. The Morgan fingerprint density at radius 3 is 2.35 bits per heavy atom. The SMILES string of the molecule is CCC1(CNC2CCC(C)(C)CC2C)CCC1. The third-order valence-corrected chi connectivity index (χ3v) is 5.60. The van der Waals surface area contributed by atoms with Crippen LogP contribution in [0.1, 0.15) is 72.6 Å². The maximum atomic E-state index is 3.90. The third kappa shape index (κ3) is 3.05. The molecule has 1 nitrogen and oxygen atoms in total. The van der Waals surface area contributed by atoms with E-state index >= 15 is 0 Å². The molecule has 0 radical (unpaired) electrons. The van der Waals surface area contributed by atoms with Crippen LogP contribution in [0.4, 0.5) is 0 Å². The Bertz CT molecular complexity index is 247. The second kappa shape index (κ2) is 4.91. The fraction of sp³-hybridized carbons (Fsp3) is 1.00. The van der Waals surface area contributed by atoms with E-state index in [0.717, 1.165) is 12.0 Å². The maximum Gasteiger partial charge on any atom is 0.00933 e. The van der Waals surface area contributed by atoms with Crippen molar-refractivity contribution in [3.05, 3.63) is 0 Å². The fourth-order valence-electron chi connectivity index (χ4n) is 3.93. The fourth-order valence-corrected chi connectivity index (χ4v) is 3.93. The van der Waals surface area contributed by atoms with Gasteiger partial charge in [0.25, 0.3) is 0 Å². The average Bonchev–Trinajstić information content (AvgIpc) is 2.18. The number of hydrogen-bond donors (Lipinski definition) is 1. The van der Waals surface area contributed by atoms with E-state index in [1.54, 1.807) is 0 Å². The summed E-state index contributed by atoms with van der Waals surface area (Å²) in [5.74, 6) is 0.854. The molecule has 0 saturated heterocycles. The van der Waals surface area contributed by atoms with Crippen LogP contribution in [-0.4, -0.2) is 12.6 Å². The van der Waals surface area contributed by atoms with Gasteiger partial charge in [0.1, 0.15) is 0 Å². The van der Waals surface area contributed by atoms with Gasteiger partial charge in [-0.15, -0.1) is 0 Å². The van der Waals surface area contributed by atoms with Gasteiger partial charge in [-0.25, -0.2) is 0 Å². The molecule has 0 amide bonds. The molecule has 2 rings (SSSR count). The minimum absolute atomic E-state index is 0.580. The number of nitrogens with one attached hydrogen (secondary N) is 1. The first-order valence-electron chi connectivity index (χ1n) is 7.70. The van der Waals surface area contributed by atoms with Gasteiger partial charge < -0.3 is 5.32 Å². The normalized spacial score (nSPS) is 35.3.